The molecule has 2 aromatic carbocycles. The Morgan fingerprint density at radius 1 is 1.00 bits per heavy atom. The fourth-order valence-corrected chi connectivity index (χ4v) is 5.00. The van der Waals surface area contributed by atoms with Gasteiger partial charge >= 0.3 is 0 Å². The monoisotopic (exact) mass is 550 g/mol. The highest BCUT2D eigenvalue weighted by atomic mass is 16.7. The van der Waals surface area contributed by atoms with E-state index in [-0.39, 0.29) is 42.6 Å². The summed E-state index contributed by atoms with van der Waals surface area (Å²) in [4.78, 5) is 25.8. The van der Waals surface area contributed by atoms with Crippen molar-refractivity contribution < 1.29 is 33.6 Å². The standard InChI is InChI=1S/C31H38N2O7/c1-3-39-31-25(13-15-37-17-18-38-16-14-34)26(27-21-33(22(2)35)28-12-8-7-11-24(27)28)19-29(40-31)30(36)32-20-23-9-5-4-6-10-23/h4-12,19,21,25-26,31,34H,3,13-18,20H2,1-2H3,(H,32,36)/t25-,26-,31+/m1/s1. The second-order valence-electron chi connectivity index (χ2n) is 9.56. The lowest BCUT2D eigenvalue weighted by molar-refractivity contribution is -0.168. The highest BCUT2D eigenvalue weighted by Gasteiger charge is 2.39. The van der Waals surface area contributed by atoms with Crippen molar-refractivity contribution >= 4 is 22.7 Å². The van der Waals surface area contributed by atoms with E-state index >= 15 is 0 Å². The van der Waals surface area contributed by atoms with Gasteiger partial charge in [0.2, 0.25) is 12.2 Å². The normalized spacial score (nSPS) is 18.8. The van der Waals surface area contributed by atoms with Crippen LogP contribution in [0.25, 0.3) is 10.9 Å². The van der Waals surface area contributed by atoms with Crippen LogP contribution in [-0.4, -0.2) is 67.4 Å². The van der Waals surface area contributed by atoms with Gasteiger partial charge < -0.3 is 29.4 Å². The van der Waals surface area contributed by atoms with Crippen molar-refractivity contribution in [3.05, 3.63) is 83.8 Å². The number of amides is 1. The highest BCUT2D eigenvalue weighted by molar-refractivity contribution is 5.95. The van der Waals surface area contributed by atoms with E-state index in [1.54, 1.807) is 4.57 Å². The number of hydrogen-bond donors (Lipinski definition) is 2. The molecule has 1 amide bonds. The van der Waals surface area contributed by atoms with Gasteiger partial charge in [-0.3, -0.25) is 14.2 Å². The number of aromatic nitrogens is 1. The number of ether oxygens (including phenoxy) is 4. The number of benzene rings is 2. The summed E-state index contributed by atoms with van der Waals surface area (Å²) in [6.45, 7) is 5.63. The Labute approximate surface area is 234 Å². The maximum Gasteiger partial charge on any atom is 0.286 e. The highest BCUT2D eigenvalue weighted by Crippen LogP contribution is 2.42. The molecule has 40 heavy (non-hydrogen) atoms. The molecule has 9 heteroatoms. The topological polar surface area (TPSA) is 108 Å². The molecule has 214 valence electrons. The lowest BCUT2D eigenvalue weighted by atomic mass is 9.81. The molecule has 3 atom stereocenters. The molecule has 0 saturated carbocycles. The molecule has 0 saturated heterocycles. The van der Waals surface area contributed by atoms with Crippen molar-refractivity contribution in [1.82, 2.24) is 9.88 Å². The third-order valence-corrected chi connectivity index (χ3v) is 6.88. The number of nitrogens with zero attached hydrogens (tertiary/aromatic N) is 1. The van der Waals surface area contributed by atoms with Gasteiger partial charge in [-0.2, -0.15) is 0 Å². The van der Waals surface area contributed by atoms with E-state index in [4.69, 9.17) is 24.1 Å². The first-order valence-corrected chi connectivity index (χ1v) is 13.7. The van der Waals surface area contributed by atoms with Gasteiger partial charge in [-0.05, 0) is 36.6 Å². The van der Waals surface area contributed by atoms with E-state index in [1.807, 2.05) is 73.8 Å². The molecule has 0 spiro atoms. The van der Waals surface area contributed by atoms with Crippen LogP contribution < -0.4 is 5.32 Å². The average Bonchev–Trinajstić information content (AvgIpc) is 3.36. The van der Waals surface area contributed by atoms with Crippen LogP contribution in [0, 0.1) is 5.92 Å². The molecular formula is C31H38N2O7. The van der Waals surface area contributed by atoms with Crippen molar-refractivity contribution in [3.63, 3.8) is 0 Å². The molecule has 0 unspecified atom stereocenters. The Kier molecular flexibility index (Phi) is 10.9. The summed E-state index contributed by atoms with van der Waals surface area (Å²) in [5.41, 5.74) is 2.71. The third-order valence-electron chi connectivity index (χ3n) is 6.88. The molecule has 1 aliphatic rings. The van der Waals surface area contributed by atoms with Gasteiger partial charge in [0.15, 0.2) is 5.76 Å². The van der Waals surface area contributed by atoms with E-state index in [0.717, 1.165) is 22.0 Å². The summed E-state index contributed by atoms with van der Waals surface area (Å²) in [5, 5.41) is 12.8. The van der Waals surface area contributed by atoms with Crippen LogP contribution in [0.2, 0.25) is 0 Å². The summed E-state index contributed by atoms with van der Waals surface area (Å²) < 4.78 is 24.9. The Morgan fingerprint density at radius 2 is 1.73 bits per heavy atom. The minimum atomic E-state index is -0.689. The predicted octanol–water partition coefficient (Wildman–Crippen LogP) is 4.01. The number of carbonyl (C=O) groups is 2. The zero-order valence-electron chi connectivity index (χ0n) is 23.1. The molecule has 0 aliphatic carbocycles. The summed E-state index contributed by atoms with van der Waals surface area (Å²) >= 11 is 0. The number of hydrogen-bond acceptors (Lipinski definition) is 7. The number of fused-ring (bicyclic) bond motifs is 1. The minimum absolute atomic E-state index is 0.0292. The molecule has 4 rings (SSSR count). The molecule has 9 nitrogen and oxygen atoms in total. The molecule has 2 heterocycles. The molecule has 3 aromatic rings. The van der Waals surface area contributed by atoms with Gasteiger partial charge in [-0.1, -0.05) is 48.5 Å². The fraction of sp³-hybridized carbons (Fsp3) is 0.419. The molecule has 0 bridgehead atoms. The maximum atomic E-state index is 13.3. The minimum Gasteiger partial charge on any atom is -0.459 e. The van der Waals surface area contributed by atoms with Gasteiger partial charge in [0, 0.05) is 50.1 Å². The van der Waals surface area contributed by atoms with Crippen LogP contribution in [0.15, 0.2) is 72.6 Å². The van der Waals surface area contributed by atoms with Crippen LogP contribution in [0.5, 0.6) is 0 Å². The second-order valence-corrected chi connectivity index (χ2v) is 9.56. The summed E-state index contributed by atoms with van der Waals surface area (Å²) in [6, 6.07) is 17.4. The Hall–Kier alpha value is -3.50. The predicted molar refractivity (Wildman–Crippen MR) is 151 cm³/mol. The molecule has 2 N–H and O–H groups in total. The fourth-order valence-electron chi connectivity index (χ4n) is 5.00. The first-order chi connectivity index (χ1) is 19.5. The SMILES string of the molecule is CCO[C@H]1OC(C(=O)NCc2ccccc2)=C[C@@H](c2cn(C(C)=O)c3ccccc23)[C@H]1CCOCCOCCO. The van der Waals surface area contributed by atoms with Crippen molar-refractivity contribution in [2.75, 3.05) is 39.6 Å². The van der Waals surface area contributed by atoms with Crippen molar-refractivity contribution in [2.45, 2.75) is 39.0 Å². The van der Waals surface area contributed by atoms with Gasteiger partial charge in [0.25, 0.3) is 5.91 Å². The molecule has 1 aliphatic heterocycles. The quantitative estimate of drug-likeness (QED) is 0.292. The Balaban J connectivity index is 1.63. The van der Waals surface area contributed by atoms with Gasteiger partial charge in [0.1, 0.15) is 0 Å². The number of rotatable bonds is 14. The smallest absolute Gasteiger partial charge is 0.286 e. The van der Waals surface area contributed by atoms with Crippen LogP contribution in [0.1, 0.15) is 42.1 Å². The zero-order chi connectivity index (χ0) is 28.3. The van der Waals surface area contributed by atoms with Crippen molar-refractivity contribution in [3.8, 4) is 0 Å². The number of allylic oxidation sites excluding steroid dienone is 1. The molecule has 0 radical (unpaired) electrons. The van der Waals surface area contributed by atoms with E-state index in [1.165, 1.54) is 6.92 Å². The lowest BCUT2D eigenvalue weighted by Gasteiger charge is -2.36. The van der Waals surface area contributed by atoms with E-state index in [0.29, 0.717) is 39.4 Å². The van der Waals surface area contributed by atoms with Gasteiger partial charge in [-0.15, -0.1) is 0 Å². The summed E-state index contributed by atoms with van der Waals surface area (Å²) in [7, 11) is 0. The summed E-state index contributed by atoms with van der Waals surface area (Å²) in [5.74, 6) is -0.695. The number of aliphatic hydroxyl groups excluding tert-OH is 1. The number of carbonyl (C=O) groups excluding carboxylic acids is 2. The first-order valence-electron chi connectivity index (χ1n) is 13.7. The van der Waals surface area contributed by atoms with Crippen molar-refractivity contribution in [1.29, 1.82) is 0 Å². The Bertz CT molecular complexity index is 1290. The number of aliphatic hydroxyl groups is 1. The van der Waals surface area contributed by atoms with Crippen molar-refractivity contribution in [2.24, 2.45) is 5.92 Å². The van der Waals surface area contributed by atoms with E-state index < -0.39 is 6.29 Å². The van der Waals surface area contributed by atoms with Crippen LogP contribution in [0.3, 0.4) is 0 Å². The maximum absolute atomic E-state index is 13.3. The third kappa shape index (κ3) is 7.37. The first kappa shape index (κ1) is 29.5. The largest absolute Gasteiger partial charge is 0.459 e. The lowest BCUT2D eigenvalue weighted by Crippen LogP contribution is -2.39. The number of para-hydroxylation sites is 1. The van der Waals surface area contributed by atoms with Crippen LogP contribution >= 0.6 is 0 Å². The van der Waals surface area contributed by atoms with Crippen LogP contribution in [-0.2, 0) is 30.3 Å². The second kappa shape index (κ2) is 14.8. The van der Waals surface area contributed by atoms with E-state index in [9.17, 15) is 9.59 Å². The molecular weight excluding hydrogens is 512 g/mol. The summed E-state index contributed by atoms with van der Waals surface area (Å²) in [6.07, 6.45) is 3.60. The van der Waals surface area contributed by atoms with Crippen LogP contribution in [0.4, 0.5) is 0 Å². The van der Waals surface area contributed by atoms with Gasteiger partial charge in [-0.25, -0.2) is 0 Å². The molecule has 1 aromatic heterocycles. The average molecular weight is 551 g/mol. The van der Waals surface area contributed by atoms with E-state index in [2.05, 4.69) is 5.32 Å². The number of nitrogens with one attached hydrogen (secondary N) is 1. The van der Waals surface area contributed by atoms with Gasteiger partial charge in [0.05, 0.1) is 31.9 Å². The molecule has 0 fully saturated rings. The zero-order valence-corrected chi connectivity index (χ0v) is 23.1. The Morgan fingerprint density at radius 3 is 2.45 bits per heavy atom.